The van der Waals surface area contributed by atoms with Gasteiger partial charge in [-0.3, -0.25) is 9.48 Å². The van der Waals surface area contributed by atoms with Crippen LogP contribution in [0.3, 0.4) is 0 Å². The van der Waals surface area contributed by atoms with E-state index in [4.69, 9.17) is 5.73 Å². The van der Waals surface area contributed by atoms with Crippen LogP contribution in [0.4, 0.5) is 5.82 Å². The number of nitrogens with zero attached hydrogens (tertiary/aromatic N) is 5. The number of ketones is 1. The Bertz CT molecular complexity index is 1160. The molecule has 0 aliphatic heterocycles. The minimum atomic E-state index is -0.233. The Balaban J connectivity index is 2.03. The van der Waals surface area contributed by atoms with Crippen molar-refractivity contribution in [3.05, 3.63) is 42.0 Å². The molecular weight excluding hydrogens is 330 g/mol. The van der Waals surface area contributed by atoms with E-state index in [2.05, 4.69) is 25.0 Å². The van der Waals surface area contributed by atoms with Gasteiger partial charge < -0.3 is 10.7 Å². The molecule has 0 radical (unpaired) electrons. The fraction of sp³-hybridized carbons (Fsp3) is 0.167. The average Bonchev–Trinajstić information content (AvgIpc) is 3.23. The fourth-order valence-corrected chi connectivity index (χ4v) is 2.99. The molecule has 0 aliphatic rings. The van der Waals surface area contributed by atoms with E-state index in [1.165, 1.54) is 6.92 Å². The highest BCUT2D eigenvalue weighted by atomic mass is 16.1. The number of hydrogen-bond donors (Lipinski definition) is 2. The molecule has 0 unspecified atom stereocenters. The van der Waals surface area contributed by atoms with Crippen molar-refractivity contribution in [3.63, 3.8) is 0 Å². The van der Waals surface area contributed by atoms with Crippen LogP contribution in [0.5, 0.6) is 0 Å². The van der Waals surface area contributed by atoms with Crippen LogP contribution in [-0.4, -0.2) is 35.5 Å². The third-order valence-corrected chi connectivity index (χ3v) is 4.20. The highest BCUT2D eigenvalue weighted by molar-refractivity contribution is 5.98. The summed E-state index contributed by atoms with van der Waals surface area (Å²) in [6, 6.07) is 5.74. The number of hydrogen-bond acceptors (Lipinski definition) is 6. The molecule has 8 heteroatoms. The summed E-state index contributed by atoms with van der Waals surface area (Å²) in [7, 11) is 1.82. The van der Waals surface area contributed by atoms with E-state index in [0.717, 1.165) is 22.2 Å². The van der Waals surface area contributed by atoms with Crippen LogP contribution in [0.15, 0.2) is 30.7 Å². The van der Waals surface area contributed by atoms with Crippen molar-refractivity contribution < 1.29 is 4.79 Å². The van der Waals surface area contributed by atoms with Crippen molar-refractivity contribution in [3.8, 4) is 22.6 Å². The Kier molecular flexibility index (Phi) is 3.54. The number of aromatic nitrogens is 6. The van der Waals surface area contributed by atoms with E-state index in [1.54, 1.807) is 11.0 Å². The number of rotatable bonds is 3. The molecule has 1 aromatic carbocycles. The van der Waals surface area contributed by atoms with Gasteiger partial charge in [-0.2, -0.15) is 5.10 Å². The number of H-pyrrole nitrogens is 1. The minimum absolute atomic E-state index is 0.0984. The molecule has 8 nitrogen and oxygen atoms in total. The van der Waals surface area contributed by atoms with E-state index in [-0.39, 0.29) is 17.3 Å². The summed E-state index contributed by atoms with van der Waals surface area (Å²) >= 11 is 0. The largest absolute Gasteiger partial charge is 0.382 e. The molecule has 0 aliphatic carbocycles. The van der Waals surface area contributed by atoms with Gasteiger partial charge in [0.15, 0.2) is 11.6 Å². The number of Topliss-reactive ketones (excluding diaryl/α,β-unsaturated/α-hetero) is 1. The topological polar surface area (TPSA) is 115 Å². The maximum absolute atomic E-state index is 11.9. The monoisotopic (exact) mass is 347 g/mol. The van der Waals surface area contributed by atoms with Crippen LogP contribution < -0.4 is 5.73 Å². The van der Waals surface area contributed by atoms with Gasteiger partial charge >= 0.3 is 0 Å². The normalized spacial score (nSPS) is 11.2. The third-order valence-electron chi connectivity index (χ3n) is 4.20. The predicted octanol–water partition coefficient (Wildman–Crippen LogP) is 2.51. The number of nitrogens with two attached hydrogens (primary N) is 1. The van der Waals surface area contributed by atoms with Crippen molar-refractivity contribution in [1.82, 2.24) is 29.7 Å². The van der Waals surface area contributed by atoms with Crippen LogP contribution in [0.1, 0.15) is 23.0 Å². The Morgan fingerprint density at radius 2 is 2.04 bits per heavy atom. The molecule has 0 atom stereocenters. The molecule has 0 bridgehead atoms. The van der Waals surface area contributed by atoms with Gasteiger partial charge in [0.25, 0.3) is 0 Å². The number of benzene rings is 1. The lowest BCUT2D eigenvalue weighted by molar-refractivity contribution is 0.101. The Labute approximate surface area is 149 Å². The summed E-state index contributed by atoms with van der Waals surface area (Å²) in [5.41, 5.74) is 11.4. The summed E-state index contributed by atoms with van der Waals surface area (Å²) < 4.78 is 1.68. The zero-order valence-electron chi connectivity index (χ0n) is 14.6. The molecule has 3 N–H and O–H groups in total. The zero-order chi connectivity index (χ0) is 18.4. The van der Waals surface area contributed by atoms with Crippen molar-refractivity contribution >= 4 is 22.6 Å². The SMILES string of the molecule is CC(=O)c1nc(-c2cc(C)c3nc[nH]c3c2)c(-c2ccn(C)n2)nc1N. The lowest BCUT2D eigenvalue weighted by Gasteiger charge is -2.11. The Hall–Kier alpha value is -3.55. The minimum Gasteiger partial charge on any atom is -0.382 e. The van der Waals surface area contributed by atoms with Crippen molar-refractivity contribution in [2.45, 2.75) is 13.8 Å². The molecule has 26 heavy (non-hydrogen) atoms. The number of aromatic amines is 1. The van der Waals surface area contributed by atoms with Gasteiger partial charge in [0, 0.05) is 25.7 Å². The van der Waals surface area contributed by atoms with Crippen LogP contribution >= 0.6 is 0 Å². The van der Waals surface area contributed by atoms with E-state index in [1.807, 2.05) is 38.4 Å². The number of carbonyl (C=O) groups is 1. The zero-order valence-corrected chi connectivity index (χ0v) is 14.6. The standard InChI is InChI=1S/C18H17N7O/c1-9-6-11(7-13-14(9)21-8-20-13)16-17(12-4-5-25(3)24-12)23-18(19)15(22-16)10(2)26/h4-8H,1-3H3,(H2,19,23)(H,20,21). The fourth-order valence-electron chi connectivity index (χ4n) is 2.99. The van der Waals surface area contributed by atoms with Crippen molar-refractivity contribution in [2.75, 3.05) is 5.73 Å². The molecule has 0 saturated heterocycles. The maximum atomic E-state index is 11.9. The first-order valence-corrected chi connectivity index (χ1v) is 8.06. The molecule has 3 aromatic heterocycles. The van der Waals surface area contributed by atoms with Crippen LogP contribution in [0.25, 0.3) is 33.7 Å². The van der Waals surface area contributed by atoms with Crippen LogP contribution in [-0.2, 0) is 7.05 Å². The first-order chi connectivity index (χ1) is 12.4. The molecule has 130 valence electrons. The average molecular weight is 347 g/mol. The third kappa shape index (κ3) is 2.52. The van der Waals surface area contributed by atoms with Crippen molar-refractivity contribution in [2.24, 2.45) is 7.05 Å². The van der Waals surface area contributed by atoms with E-state index in [9.17, 15) is 4.79 Å². The van der Waals surface area contributed by atoms with Gasteiger partial charge in [-0.15, -0.1) is 0 Å². The van der Waals surface area contributed by atoms with Gasteiger partial charge in [-0.05, 0) is 30.7 Å². The molecule has 0 saturated carbocycles. The number of nitrogens with one attached hydrogen (secondary N) is 1. The van der Waals surface area contributed by atoms with Crippen LogP contribution in [0.2, 0.25) is 0 Å². The maximum Gasteiger partial charge on any atom is 0.181 e. The Morgan fingerprint density at radius 3 is 2.73 bits per heavy atom. The molecular formula is C18H17N7O. The van der Waals surface area contributed by atoms with Crippen molar-refractivity contribution in [1.29, 1.82) is 0 Å². The number of imidazole rings is 1. The predicted molar refractivity (Wildman–Crippen MR) is 98.5 cm³/mol. The van der Waals surface area contributed by atoms with Gasteiger partial charge in [0.2, 0.25) is 0 Å². The second-order valence-corrected chi connectivity index (χ2v) is 6.18. The van der Waals surface area contributed by atoms with E-state index in [0.29, 0.717) is 17.1 Å². The number of fused-ring (bicyclic) bond motifs is 1. The second-order valence-electron chi connectivity index (χ2n) is 6.18. The quantitative estimate of drug-likeness (QED) is 0.550. The Morgan fingerprint density at radius 1 is 1.23 bits per heavy atom. The van der Waals surface area contributed by atoms with Gasteiger partial charge in [-0.25, -0.2) is 15.0 Å². The number of carbonyl (C=O) groups excluding carboxylic acids is 1. The molecule has 0 spiro atoms. The van der Waals surface area contributed by atoms with Gasteiger partial charge in [-0.1, -0.05) is 0 Å². The molecule has 0 fully saturated rings. The summed E-state index contributed by atoms with van der Waals surface area (Å²) in [6.45, 7) is 3.40. The second kappa shape index (κ2) is 5.76. The van der Waals surface area contributed by atoms with E-state index >= 15 is 0 Å². The first-order valence-electron chi connectivity index (χ1n) is 8.06. The summed E-state index contributed by atoms with van der Waals surface area (Å²) in [6.07, 6.45) is 3.47. The van der Waals surface area contributed by atoms with Gasteiger partial charge in [0.05, 0.1) is 23.1 Å². The highest BCUT2D eigenvalue weighted by Gasteiger charge is 2.20. The molecule has 4 aromatic rings. The summed E-state index contributed by atoms with van der Waals surface area (Å²) in [5.74, 6) is -0.135. The summed E-state index contributed by atoms with van der Waals surface area (Å²) in [5, 5.41) is 4.41. The lowest BCUT2D eigenvalue weighted by atomic mass is 10.0. The molecule has 0 amide bonds. The number of aryl methyl sites for hydroxylation is 2. The van der Waals surface area contributed by atoms with Gasteiger partial charge in [0.1, 0.15) is 17.1 Å². The lowest BCUT2D eigenvalue weighted by Crippen LogP contribution is -2.09. The van der Waals surface area contributed by atoms with Crippen LogP contribution in [0, 0.1) is 6.92 Å². The number of nitrogen functional groups attached to an aromatic ring is 1. The summed E-state index contributed by atoms with van der Waals surface area (Å²) in [4.78, 5) is 28.3. The highest BCUT2D eigenvalue weighted by Crippen LogP contribution is 2.32. The first kappa shape index (κ1) is 15.9. The smallest absolute Gasteiger partial charge is 0.181 e. The van der Waals surface area contributed by atoms with E-state index < -0.39 is 0 Å². The molecule has 4 rings (SSSR count). The molecule has 3 heterocycles. The number of anilines is 1.